The molecule has 2 unspecified atom stereocenters. The lowest BCUT2D eigenvalue weighted by Crippen LogP contribution is -2.52. The van der Waals surface area contributed by atoms with Crippen molar-refractivity contribution in [2.75, 3.05) is 39.8 Å². The van der Waals surface area contributed by atoms with Crippen molar-refractivity contribution >= 4 is 0 Å². The van der Waals surface area contributed by atoms with Gasteiger partial charge in [0.2, 0.25) is 0 Å². The number of piperazine rings is 1. The lowest BCUT2D eigenvalue weighted by Gasteiger charge is -2.39. The van der Waals surface area contributed by atoms with E-state index >= 15 is 0 Å². The van der Waals surface area contributed by atoms with Crippen LogP contribution in [0.4, 0.5) is 0 Å². The molecule has 1 aliphatic rings. The minimum Gasteiger partial charge on any atom is -0.313 e. The van der Waals surface area contributed by atoms with Crippen LogP contribution >= 0.6 is 0 Å². The first-order chi connectivity index (χ1) is 8.04. The van der Waals surface area contributed by atoms with Crippen molar-refractivity contribution in [1.29, 1.82) is 0 Å². The minimum absolute atomic E-state index is 0.629. The topological polar surface area (TPSA) is 18.5 Å². The van der Waals surface area contributed by atoms with Gasteiger partial charge in [-0.15, -0.1) is 0 Å². The summed E-state index contributed by atoms with van der Waals surface area (Å²) in [7, 11) is 2.25. The molecule has 0 aromatic rings. The Kier molecular flexibility index (Phi) is 6.45. The summed E-state index contributed by atoms with van der Waals surface area (Å²) >= 11 is 0. The number of nitrogens with zero attached hydrogens (tertiary/aromatic N) is 2. The third-order valence-electron chi connectivity index (χ3n) is 4.23. The van der Waals surface area contributed by atoms with E-state index in [2.05, 4.69) is 49.9 Å². The van der Waals surface area contributed by atoms with Crippen molar-refractivity contribution in [3.63, 3.8) is 0 Å². The number of nitrogens with one attached hydrogen (secondary N) is 1. The van der Waals surface area contributed by atoms with Gasteiger partial charge >= 0.3 is 0 Å². The molecule has 1 aliphatic heterocycles. The van der Waals surface area contributed by atoms with E-state index in [1.807, 2.05) is 0 Å². The quantitative estimate of drug-likeness (QED) is 0.763. The Morgan fingerprint density at radius 2 is 1.94 bits per heavy atom. The van der Waals surface area contributed by atoms with Gasteiger partial charge in [-0.25, -0.2) is 0 Å². The van der Waals surface area contributed by atoms with Crippen molar-refractivity contribution in [3.05, 3.63) is 0 Å². The van der Waals surface area contributed by atoms with Crippen LogP contribution < -0.4 is 5.32 Å². The Bertz CT molecular complexity index is 206. The lowest BCUT2D eigenvalue weighted by atomic mass is 10.1. The highest BCUT2D eigenvalue weighted by Gasteiger charge is 2.22. The van der Waals surface area contributed by atoms with Gasteiger partial charge in [-0.05, 0) is 26.3 Å². The van der Waals surface area contributed by atoms with Crippen LogP contribution in [0, 0.1) is 5.92 Å². The van der Waals surface area contributed by atoms with E-state index in [0.29, 0.717) is 6.04 Å². The van der Waals surface area contributed by atoms with Gasteiger partial charge in [-0.3, -0.25) is 4.90 Å². The maximum atomic E-state index is 3.62. The summed E-state index contributed by atoms with van der Waals surface area (Å²) in [5, 5.41) is 3.62. The third-order valence-corrected chi connectivity index (χ3v) is 4.23. The number of rotatable bonds is 6. The molecule has 1 N–H and O–H groups in total. The molecule has 1 heterocycles. The number of hydrogen-bond donors (Lipinski definition) is 1. The Morgan fingerprint density at radius 3 is 2.53 bits per heavy atom. The van der Waals surface area contributed by atoms with Crippen LogP contribution in [-0.4, -0.2) is 61.7 Å². The van der Waals surface area contributed by atoms with E-state index in [-0.39, 0.29) is 0 Å². The molecule has 0 radical (unpaired) electrons. The predicted molar refractivity (Wildman–Crippen MR) is 75.5 cm³/mol. The summed E-state index contributed by atoms with van der Waals surface area (Å²) in [5.74, 6) is 0.728. The molecule has 17 heavy (non-hydrogen) atoms. The summed E-state index contributed by atoms with van der Waals surface area (Å²) in [6, 6.07) is 1.38. The van der Waals surface area contributed by atoms with E-state index in [4.69, 9.17) is 0 Å². The first kappa shape index (κ1) is 14.9. The van der Waals surface area contributed by atoms with Gasteiger partial charge < -0.3 is 10.2 Å². The van der Waals surface area contributed by atoms with Gasteiger partial charge in [0.1, 0.15) is 0 Å². The smallest absolute Gasteiger partial charge is 0.0218 e. The number of hydrogen-bond acceptors (Lipinski definition) is 3. The van der Waals surface area contributed by atoms with Gasteiger partial charge in [0, 0.05) is 44.8 Å². The molecule has 0 saturated carbocycles. The second-order valence-electron chi connectivity index (χ2n) is 5.83. The summed E-state index contributed by atoms with van der Waals surface area (Å²) in [6.07, 6.45) is 1.27. The van der Waals surface area contributed by atoms with Crippen molar-refractivity contribution in [2.45, 2.75) is 46.2 Å². The zero-order valence-electron chi connectivity index (χ0n) is 12.4. The van der Waals surface area contributed by atoms with Gasteiger partial charge in [-0.2, -0.15) is 0 Å². The van der Waals surface area contributed by atoms with Crippen LogP contribution in [0.2, 0.25) is 0 Å². The average Bonchev–Trinajstić information content (AvgIpc) is 2.31. The second-order valence-corrected chi connectivity index (χ2v) is 5.83. The fourth-order valence-electron chi connectivity index (χ4n) is 2.34. The van der Waals surface area contributed by atoms with Crippen molar-refractivity contribution in [1.82, 2.24) is 15.1 Å². The fourth-order valence-corrected chi connectivity index (χ4v) is 2.34. The molecule has 0 aromatic heterocycles. The summed E-state index contributed by atoms with van der Waals surface area (Å²) in [6.45, 7) is 15.1. The van der Waals surface area contributed by atoms with Gasteiger partial charge in [0.05, 0.1) is 0 Å². The summed E-state index contributed by atoms with van der Waals surface area (Å²) in [4.78, 5) is 5.11. The molecule has 0 aromatic carbocycles. The van der Waals surface area contributed by atoms with E-state index < -0.39 is 0 Å². The zero-order chi connectivity index (χ0) is 12.8. The molecule has 0 aliphatic carbocycles. The molecule has 1 rings (SSSR count). The molecular weight excluding hydrogens is 210 g/mol. The molecule has 2 atom stereocenters. The van der Waals surface area contributed by atoms with Crippen molar-refractivity contribution < 1.29 is 0 Å². The second kappa shape index (κ2) is 7.34. The highest BCUT2D eigenvalue weighted by molar-refractivity contribution is 4.79. The molecule has 3 nitrogen and oxygen atoms in total. The van der Waals surface area contributed by atoms with Crippen molar-refractivity contribution in [3.8, 4) is 0 Å². The molecule has 1 saturated heterocycles. The standard InChI is InChI=1S/C14H31N3/c1-6-14-11-17(10-9-16(14)5)8-7-15-13(4)12(2)3/h12-15H,6-11H2,1-5H3. The highest BCUT2D eigenvalue weighted by Crippen LogP contribution is 2.10. The van der Waals surface area contributed by atoms with Crippen molar-refractivity contribution in [2.24, 2.45) is 5.92 Å². The first-order valence-electron chi connectivity index (χ1n) is 7.20. The van der Waals surface area contributed by atoms with Crippen LogP contribution in [0.3, 0.4) is 0 Å². The Morgan fingerprint density at radius 1 is 1.24 bits per heavy atom. The highest BCUT2D eigenvalue weighted by atomic mass is 15.3. The summed E-state index contributed by atoms with van der Waals surface area (Å²) in [5.41, 5.74) is 0. The van der Waals surface area contributed by atoms with E-state index in [1.54, 1.807) is 0 Å². The maximum absolute atomic E-state index is 3.62. The van der Waals surface area contributed by atoms with Crippen LogP contribution in [-0.2, 0) is 0 Å². The molecular formula is C14H31N3. The van der Waals surface area contributed by atoms with Gasteiger partial charge in [0.25, 0.3) is 0 Å². The molecule has 1 fully saturated rings. The molecule has 102 valence electrons. The maximum Gasteiger partial charge on any atom is 0.0218 e. The van der Waals surface area contributed by atoms with E-state index in [0.717, 1.165) is 18.5 Å². The first-order valence-corrected chi connectivity index (χ1v) is 7.20. The largest absolute Gasteiger partial charge is 0.313 e. The monoisotopic (exact) mass is 241 g/mol. The van der Waals surface area contributed by atoms with Crippen LogP contribution in [0.5, 0.6) is 0 Å². The third kappa shape index (κ3) is 4.94. The Hall–Kier alpha value is -0.120. The van der Waals surface area contributed by atoms with E-state index in [9.17, 15) is 0 Å². The lowest BCUT2D eigenvalue weighted by molar-refractivity contribution is 0.0931. The molecule has 3 heteroatoms. The Balaban J connectivity index is 2.19. The zero-order valence-corrected chi connectivity index (χ0v) is 12.4. The fraction of sp³-hybridized carbons (Fsp3) is 1.00. The summed E-state index contributed by atoms with van der Waals surface area (Å²) < 4.78 is 0. The van der Waals surface area contributed by atoms with Crippen LogP contribution in [0.15, 0.2) is 0 Å². The van der Waals surface area contributed by atoms with Crippen LogP contribution in [0.1, 0.15) is 34.1 Å². The normalized spacial score (nSPS) is 25.4. The predicted octanol–water partition coefficient (Wildman–Crippen LogP) is 1.65. The van der Waals surface area contributed by atoms with E-state index in [1.165, 1.54) is 32.6 Å². The number of likely N-dealkylation sites (N-methyl/N-ethyl adjacent to an activating group) is 1. The van der Waals surface area contributed by atoms with Gasteiger partial charge in [-0.1, -0.05) is 20.8 Å². The molecule has 0 spiro atoms. The molecule has 0 bridgehead atoms. The average molecular weight is 241 g/mol. The van der Waals surface area contributed by atoms with Gasteiger partial charge in [0.15, 0.2) is 0 Å². The Labute approximate surface area is 108 Å². The SMILES string of the molecule is CCC1CN(CCNC(C)C(C)C)CCN1C. The van der Waals surface area contributed by atoms with Crippen LogP contribution in [0.25, 0.3) is 0 Å². The minimum atomic E-state index is 0.629. The molecule has 0 amide bonds.